The van der Waals surface area contributed by atoms with E-state index in [1.54, 1.807) is 12.1 Å². The second-order valence-electron chi connectivity index (χ2n) is 10.7. The lowest BCUT2D eigenvalue weighted by Crippen LogP contribution is -2.37. The van der Waals surface area contributed by atoms with Gasteiger partial charge >= 0.3 is 5.97 Å². The van der Waals surface area contributed by atoms with Crippen LogP contribution in [0.1, 0.15) is 60.9 Å². The molecule has 206 valence electrons. The molecule has 0 radical (unpaired) electrons. The van der Waals surface area contributed by atoms with Crippen LogP contribution < -0.4 is 0 Å². The van der Waals surface area contributed by atoms with Crippen LogP contribution in [0, 0.1) is 13.8 Å². The first-order valence-corrected chi connectivity index (χ1v) is 14.1. The maximum absolute atomic E-state index is 12.0. The van der Waals surface area contributed by atoms with Crippen LogP contribution in [0.15, 0.2) is 146 Å². The second-order valence-corrected chi connectivity index (χ2v) is 10.7. The van der Waals surface area contributed by atoms with Crippen LogP contribution >= 0.6 is 0 Å². The lowest BCUT2D eigenvalue weighted by Gasteiger charge is -2.37. The molecule has 5 aromatic carbocycles. The van der Waals surface area contributed by atoms with Gasteiger partial charge in [0.15, 0.2) is 0 Å². The smallest absolute Gasteiger partial charge is 0.335 e. The van der Waals surface area contributed by atoms with E-state index in [0.717, 1.165) is 33.5 Å². The molecule has 0 aliphatic carbocycles. The fourth-order valence-corrected chi connectivity index (χ4v) is 6.10. The highest BCUT2D eigenvalue weighted by Gasteiger charge is 2.39. The first kappa shape index (κ1) is 27.0. The third-order valence-electron chi connectivity index (χ3n) is 8.28. The van der Waals surface area contributed by atoms with E-state index in [-0.39, 0.29) is 11.5 Å². The largest absolute Gasteiger partial charge is 0.478 e. The molecule has 0 saturated carbocycles. The number of carbonyl (C=O) groups is 1. The van der Waals surface area contributed by atoms with E-state index in [9.17, 15) is 9.90 Å². The molecule has 6 rings (SSSR count). The summed E-state index contributed by atoms with van der Waals surface area (Å²) in [5, 5.41) is 9.80. The number of aromatic nitrogens is 2. The number of aryl methyl sites for hydroxylation is 1. The van der Waals surface area contributed by atoms with Crippen molar-refractivity contribution >= 4 is 5.97 Å². The maximum Gasteiger partial charge on any atom is 0.335 e. The van der Waals surface area contributed by atoms with Gasteiger partial charge in [-0.2, -0.15) is 0 Å². The molecular weight excluding hydrogens is 516 g/mol. The number of imidazole rings is 1. The summed E-state index contributed by atoms with van der Waals surface area (Å²) in [5.41, 5.74) is 8.09. The van der Waals surface area contributed by atoms with Crippen molar-refractivity contribution in [3.8, 4) is 0 Å². The summed E-state index contributed by atoms with van der Waals surface area (Å²) >= 11 is 0. The summed E-state index contributed by atoms with van der Waals surface area (Å²) in [6, 6.07) is 45.0. The van der Waals surface area contributed by atoms with Crippen molar-refractivity contribution in [1.29, 1.82) is 0 Å². The van der Waals surface area contributed by atoms with Crippen molar-refractivity contribution in [2.75, 3.05) is 0 Å². The fourth-order valence-electron chi connectivity index (χ4n) is 6.10. The first-order chi connectivity index (χ1) is 20.5. The van der Waals surface area contributed by atoms with Gasteiger partial charge in [0.25, 0.3) is 0 Å². The molecule has 0 fully saturated rings. The van der Waals surface area contributed by atoms with Crippen molar-refractivity contribution in [3.63, 3.8) is 0 Å². The zero-order valence-corrected chi connectivity index (χ0v) is 23.7. The second kappa shape index (κ2) is 11.3. The van der Waals surface area contributed by atoms with Gasteiger partial charge < -0.3 is 9.67 Å². The van der Waals surface area contributed by atoms with E-state index in [0.29, 0.717) is 0 Å². The zero-order chi connectivity index (χ0) is 29.1. The van der Waals surface area contributed by atoms with Crippen molar-refractivity contribution in [1.82, 2.24) is 9.55 Å². The molecule has 6 aromatic rings. The number of hydrogen-bond donors (Lipinski definition) is 1. The number of benzene rings is 5. The highest BCUT2D eigenvalue weighted by molar-refractivity contribution is 5.87. The molecule has 0 aliphatic rings. The average molecular weight is 549 g/mol. The molecule has 1 N–H and O–H groups in total. The summed E-state index contributed by atoms with van der Waals surface area (Å²) in [4.78, 5) is 17.0. The van der Waals surface area contributed by atoms with Gasteiger partial charge in [-0.15, -0.1) is 0 Å². The van der Waals surface area contributed by atoms with Gasteiger partial charge in [-0.3, -0.25) is 0 Å². The lowest BCUT2D eigenvalue weighted by molar-refractivity contribution is 0.0696. The maximum atomic E-state index is 12.0. The number of rotatable bonds is 8. The molecule has 0 bridgehead atoms. The van der Waals surface area contributed by atoms with Gasteiger partial charge in [-0.1, -0.05) is 121 Å². The van der Waals surface area contributed by atoms with Crippen molar-refractivity contribution < 1.29 is 9.90 Å². The molecule has 4 heteroatoms. The molecule has 42 heavy (non-hydrogen) atoms. The van der Waals surface area contributed by atoms with E-state index in [1.165, 1.54) is 11.1 Å². The Morgan fingerprint density at radius 2 is 1.26 bits per heavy atom. The van der Waals surface area contributed by atoms with Crippen LogP contribution in [-0.2, 0) is 5.54 Å². The minimum atomic E-state index is -0.946. The first-order valence-electron chi connectivity index (χ1n) is 14.1. The molecule has 0 aliphatic heterocycles. The lowest BCUT2D eigenvalue weighted by atomic mass is 9.76. The van der Waals surface area contributed by atoms with E-state index in [4.69, 9.17) is 4.98 Å². The molecule has 0 spiro atoms. The molecule has 4 nitrogen and oxygen atoms in total. The van der Waals surface area contributed by atoms with Crippen molar-refractivity contribution in [2.45, 2.75) is 25.3 Å². The summed E-state index contributed by atoms with van der Waals surface area (Å²) in [7, 11) is 0. The fraction of sp³-hybridized carbons (Fsp3) is 0.105. The standard InChI is InChI=1S/C38H32N2O2/c1-27-14-12-23-34(28(27)2)36(29-15-13-16-30(24-29)37(41)42)35-25-40(26-39-35)38(31-17-6-3-7-18-31,32-19-8-4-9-20-32)33-21-10-5-11-22-33/h3-26,36H,1-2H3,(H,41,42). The molecule has 0 amide bonds. The van der Waals surface area contributed by atoms with Gasteiger partial charge in [0.1, 0.15) is 5.54 Å². The van der Waals surface area contributed by atoms with Crippen LogP contribution in [0.4, 0.5) is 0 Å². The van der Waals surface area contributed by atoms with E-state index >= 15 is 0 Å². The quantitative estimate of drug-likeness (QED) is 0.195. The normalized spacial score (nSPS) is 12.1. The monoisotopic (exact) mass is 548 g/mol. The van der Waals surface area contributed by atoms with Gasteiger partial charge in [-0.05, 0) is 64.9 Å². The molecule has 1 aromatic heterocycles. The Hall–Kier alpha value is -5.22. The Labute approximate surface area is 246 Å². The molecular formula is C38H32N2O2. The number of carboxylic acids is 1. The molecule has 0 saturated heterocycles. The SMILES string of the molecule is Cc1cccc(C(c2cccc(C(=O)O)c2)c2cn(C(c3ccccc3)(c3ccccc3)c3ccccc3)cn2)c1C. The predicted octanol–water partition coefficient (Wildman–Crippen LogP) is 8.22. The summed E-state index contributed by atoms with van der Waals surface area (Å²) in [6.07, 6.45) is 4.05. The summed E-state index contributed by atoms with van der Waals surface area (Å²) in [6.45, 7) is 4.23. The van der Waals surface area contributed by atoms with Gasteiger partial charge in [0.2, 0.25) is 0 Å². The van der Waals surface area contributed by atoms with Crippen LogP contribution in [-0.4, -0.2) is 20.6 Å². The Balaban J connectivity index is 1.63. The Bertz CT molecular complexity index is 1730. The zero-order valence-electron chi connectivity index (χ0n) is 23.7. The predicted molar refractivity (Wildman–Crippen MR) is 167 cm³/mol. The van der Waals surface area contributed by atoms with Crippen LogP contribution in [0.25, 0.3) is 0 Å². The van der Waals surface area contributed by atoms with Gasteiger partial charge in [0.05, 0.1) is 23.5 Å². The van der Waals surface area contributed by atoms with Crippen LogP contribution in [0.5, 0.6) is 0 Å². The van der Waals surface area contributed by atoms with Gasteiger partial charge in [0, 0.05) is 6.20 Å². The number of nitrogens with zero attached hydrogens (tertiary/aromatic N) is 2. The summed E-state index contributed by atoms with van der Waals surface area (Å²) in [5.74, 6) is -1.20. The minimum absolute atomic E-state index is 0.259. The molecule has 1 heterocycles. The molecule has 1 unspecified atom stereocenters. The van der Waals surface area contributed by atoms with Crippen LogP contribution in [0.3, 0.4) is 0 Å². The highest BCUT2D eigenvalue weighted by Crippen LogP contribution is 2.42. The van der Waals surface area contributed by atoms with Crippen molar-refractivity contribution in [2.24, 2.45) is 0 Å². The third-order valence-corrected chi connectivity index (χ3v) is 8.28. The molecule has 1 atom stereocenters. The highest BCUT2D eigenvalue weighted by atomic mass is 16.4. The van der Waals surface area contributed by atoms with E-state index in [2.05, 4.69) is 116 Å². The average Bonchev–Trinajstić information content (AvgIpc) is 3.51. The third kappa shape index (κ3) is 4.71. The van der Waals surface area contributed by atoms with E-state index in [1.807, 2.05) is 36.7 Å². The van der Waals surface area contributed by atoms with Gasteiger partial charge in [-0.25, -0.2) is 9.78 Å². The minimum Gasteiger partial charge on any atom is -0.478 e. The Kier molecular flexibility index (Phi) is 7.28. The Morgan fingerprint density at radius 3 is 1.81 bits per heavy atom. The topological polar surface area (TPSA) is 55.1 Å². The summed E-state index contributed by atoms with van der Waals surface area (Å²) < 4.78 is 2.21. The number of hydrogen-bond acceptors (Lipinski definition) is 2. The Morgan fingerprint density at radius 1 is 0.714 bits per heavy atom. The van der Waals surface area contributed by atoms with E-state index < -0.39 is 11.5 Å². The number of aromatic carboxylic acids is 1. The van der Waals surface area contributed by atoms with Crippen LogP contribution in [0.2, 0.25) is 0 Å². The van der Waals surface area contributed by atoms with Crippen molar-refractivity contribution in [3.05, 3.63) is 196 Å². The number of carboxylic acid groups (broad SMARTS) is 1.